The summed E-state index contributed by atoms with van der Waals surface area (Å²) in [6, 6.07) is 3.75. The standard InChI is InChI=1S/C20H24ClN5O2S/c21-13-5-6-16(23-11-13)26-9-7-25(8-10-26)12-17(27)24-20-18(19(22)28)14-3-1-2-4-15(14)29-20/h5-6,11H,1-4,7-10,12H2,(H2,22,28)(H,24,27). The van der Waals surface area contributed by atoms with E-state index in [0.717, 1.165) is 63.2 Å². The number of nitrogens with zero attached hydrogens (tertiary/aromatic N) is 3. The van der Waals surface area contributed by atoms with Gasteiger partial charge in [-0.05, 0) is 43.4 Å². The van der Waals surface area contributed by atoms with Gasteiger partial charge >= 0.3 is 0 Å². The van der Waals surface area contributed by atoms with Crippen molar-refractivity contribution >= 4 is 45.6 Å². The van der Waals surface area contributed by atoms with Crippen LogP contribution in [-0.2, 0) is 17.6 Å². The van der Waals surface area contributed by atoms with E-state index < -0.39 is 5.91 Å². The van der Waals surface area contributed by atoms with Crippen molar-refractivity contribution in [1.82, 2.24) is 9.88 Å². The molecule has 2 amide bonds. The summed E-state index contributed by atoms with van der Waals surface area (Å²) in [5.74, 6) is 0.335. The maximum absolute atomic E-state index is 12.6. The Hall–Kier alpha value is -2.16. The number of primary amides is 1. The molecule has 154 valence electrons. The number of thiophene rings is 1. The van der Waals surface area contributed by atoms with Crippen molar-refractivity contribution in [1.29, 1.82) is 0 Å². The van der Waals surface area contributed by atoms with Gasteiger partial charge in [-0.2, -0.15) is 0 Å². The Morgan fingerprint density at radius 1 is 1.17 bits per heavy atom. The Morgan fingerprint density at radius 3 is 2.62 bits per heavy atom. The van der Waals surface area contributed by atoms with Gasteiger partial charge in [-0.1, -0.05) is 11.6 Å². The average Bonchev–Trinajstić information content (AvgIpc) is 3.07. The molecule has 4 rings (SSSR count). The monoisotopic (exact) mass is 433 g/mol. The predicted octanol–water partition coefficient (Wildman–Crippen LogP) is 2.53. The molecule has 3 N–H and O–H groups in total. The van der Waals surface area contributed by atoms with Crippen molar-refractivity contribution < 1.29 is 9.59 Å². The second kappa shape index (κ2) is 8.69. The maximum atomic E-state index is 12.6. The molecule has 1 aliphatic carbocycles. The summed E-state index contributed by atoms with van der Waals surface area (Å²) in [7, 11) is 0. The molecule has 3 heterocycles. The highest BCUT2D eigenvalue weighted by molar-refractivity contribution is 7.17. The topological polar surface area (TPSA) is 91.6 Å². The van der Waals surface area contributed by atoms with Crippen molar-refractivity contribution in [2.24, 2.45) is 5.73 Å². The fourth-order valence-corrected chi connectivity index (χ4v) is 5.40. The van der Waals surface area contributed by atoms with Gasteiger partial charge in [0.2, 0.25) is 5.91 Å². The van der Waals surface area contributed by atoms with Gasteiger partial charge < -0.3 is 16.0 Å². The van der Waals surface area contributed by atoms with E-state index in [0.29, 0.717) is 22.1 Å². The van der Waals surface area contributed by atoms with Crippen LogP contribution >= 0.6 is 22.9 Å². The van der Waals surface area contributed by atoms with Crippen molar-refractivity contribution in [3.63, 3.8) is 0 Å². The summed E-state index contributed by atoms with van der Waals surface area (Å²) in [6.45, 7) is 3.41. The second-order valence-corrected chi connectivity index (χ2v) is 8.97. The molecule has 9 heteroatoms. The van der Waals surface area contributed by atoms with Crippen LogP contribution in [0.4, 0.5) is 10.8 Å². The van der Waals surface area contributed by atoms with Gasteiger partial charge in [0, 0.05) is 37.3 Å². The average molecular weight is 434 g/mol. The number of halogens is 1. The molecule has 0 bridgehead atoms. The number of carbonyl (C=O) groups is 2. The Kier molecular flexibility index (Phi) is 6.03. The van der Waals surface area contributed by atoms with E-state index >= 15 is 0 Å². The molecule has 0 atom stereocenters. The summed E-state index contributed by atoms with van der Waals surface area (Å²) in [5.41, 5.74) is 7.16. The predicted molar refractivity (Wildman–Crippen MR) is 116 cm³/mol. The lowest BCUT2D eigenvalue weighted by Crippen LogP contribution is -2.48. The number of aromatic nitrogens is 1. The quantitative estimate of drug-likeness (QED) is 0.756. The van der Waals surface area contributed by atoms with Gasteiger partial charge in [-0.15, -0.1) is 11.3 Å². The number of amides is 2. The molecule has 1 aliphatic heterocycles. The molecule has 0 aromatic carbocycles. The molecule has 0 saturated carbocycles. The van der Waals surface area contributed by atoms with Gasteiger partial charge in [-0.25, -0.2) is 4.98 Å². The highest BCUT2D eigenvalue weighted by atomic mass is 35.5. The summed E-state index contributed by atoms with van der Waals surface area (Å²) < 4.78 is 0. The van der Waals surface area contributed by atoms with Crippen LogP contribution in [0.5, 0.6) is 0 Å². The fourth-order valence-electron chi connectivity index (χ4n) is 3.97. The third-order valence-electron chi connectivity index (χ3n) is 5.45. The highest BCUT2D eigenvalue weighted by Gasteiger charge is 2.26. The van der Waals surface area contributed by atoms with Crippen LogP contribution in [0.3, 0.4) is 0 Å². The normalized spacial score (nSPS) is 17.1. The molecule has 0 unspecified atom stereocenters. The molecular weight excluding hydrogens is 410 g/mol. The minimum atomic E-state index is -0.455. The molecule has 0 radical (unpaired) electrons. The van der Waals surface area contributed by atoms with E-state index in [9.17, 15) is 9.59 Å². The molecule has 1 fully saturated rings. The highest BCUT2D eigenvalue weighted by Crippen LogP contribution is 2.37. The number of piperazine rings is 1. The number of carbonyl (C=O) groups excluding carboxylic acids is 2. The van der Waals surface area contributed by atoms with Gasteiger partial charge in [0.25, 0.3) is 5.91 Å². The molecule has 2 aromatic heterocycles. The second-order valence-electron chi connectivity index (χ2n) is 7.43. The lowest BCUT2D eigenvalue weighted by Gasteiger charge is -2.34. The fraction of sp³-hybridized carbons (Fsp3) is 0.450. The Balaban J connectivity index is 1.34. The smallest absolute Gasteiger partial charge is 0.251 e. The van der Waals surface area contributed by atoms with E-state index in [1.165, 1.54) is 16.2 Å². The van der Waals surface area contributed by atoms with Crippen LogP contribution in [0.15, 0.2) is 18.3 Å². The third-order valence-corrected chi connectivity index (χ3v) is 6.88. The number of rotatable bonds is 5. The van der Waals surface area contributed by atoms with Gasteiger partial charge in [-0.3, -0.25) is 14.5 Å². The van der Waals surface area contributed by atoms with Crippen molar-refractivity contribution in [2.75, 3.05) is 42.9 Å². The van der Waals surface area contributed by atoms with Crippen molar-refractivity contribution in [3.05, 3.63) is 39.4 Å². The molecular formula is C20H24ClN5O2S. The van der Waals surface area contributed by atoms with Crippen molar-refractivity contribution in [2.45, 2.75) is 25.7 Å². The van der Waals surface area contributed by atoms with Gasteiger partial charge in [0.1, 0.15) is 10.8 Å². The lowest BCUT2D eigenvalue weighted by atomic mass is 9.95. The van der Waals surface area contributed by atoms with Gasteiger partial charge in [0.15, 0.2) is 0 Å². The summed E-state index contributed by atoms with van der Waals surface area (Å²) in [4.78, 5) is 34.4. The first-order valence-corrected chi connectivity index (χ1v) is 11.0. The molecule has 1 saturated heterocycles. The molecule has 2 aromatic rings. The van der Waals surface area contributed by atoms with Crippen LogP contribution in [-0.4, -0.2) is 54.4 Å². The Morgan fingerprint density at radius 2 is 1.93 bits per heavy atom. The molecule has 29 heavy (non-hydrogen) atoms. The third kappa shape index (κ3) is 4.55. The summed E-state index contributed by atoms with van der Waals surface area (Å²) in [6.07, 6.45) is 5.64. The first-order chi connectivity index (χ1) is 14.0. The maximum Gasteiger partial charge on any atom is 0.251 e. The van der Waals surface area contributed by atoms with Crippen LogP contribution < -0.4 is 16.0 Å². The van der Waals surface area contributed by atoms with Crippen LogP contribution in [0.2, 0.25) is 5.02 Å². The minimum absolute atomic E-state index is 0.107. The zero-order valence-electron chi connectivity index (χ0n) is 16.1. The molecule has 7 nitrogen and oxygen atoms in total. The number of fused-ring (bicyclic) bond motifs is 1. The van der Waals surface area contributed by atoms with E-state index in [2.05, 4.69) is 20.1 Å². The first kappa shape index (κ1) is 20.1. The summed E-state index contributed by atoms with van der Waals surface area (Å²) in [5, 5.41) is 4.17. The number of hydrogen-bond donors (Lipinski definition) is 2. The van der Waals surface area contributed by atoms with E-state index in [1.807, 2.05) is 12.1 Å². The molecule has 2 aliphatic rings. The van der Waals surface area contributed by atoms with Crippen LogP contribution in [0, 0.1) is 0 Å². The number of aryl methyl sites for hydroxylation is 1. The first-order valence-electron chi connectivity index (χ1n) is 9.84. The number of hydrogen-bond acceptors (Lipinski definition) is 6. The Bertz CT molecular complexity index is 906. The number of anilines is 2. The zero-order chi connectivity index (χ0) is 20.4. The van der Waals surface area contributed by atoms with Gasteiger partial charge in [0.05, 0.1) is 17.1 Å². The lowest BCUT2D eigenvalue weighted by molar-refractivity contribution is -0.117. The SMILES string of the molecule is NC(=O)c1c(NC(=O)CN2CCN(c3ccc(Cl)cn3)CC2)sc2c1CCCC2. The number of nitrogens with two attached hydrogens (primary N) is 1. The van der Waals surface area contributed by atoms with E-state index in [-0.39, 0.29) is 5.91 Å². The number of nitrogens with one attached hydrogen (secondary N) is 1. The molecule has 0 spiro atoms. The van der Waals surface area contributed by atoms with Crippen LogP contribution in [0.1, 0.15) is 33.6 Å². The Labute approximate surface area is 178 Å². The van der Waals surface area contributed by atoms with E-state index in [1.54, 1.807) is 6.20 Å². The largest absolute Gasteiger partial charge is 0.365 e. The number of pyridine rings is 1. The van der Waals surface area contributed by atoms with Crippen molar-refractivity contribution in [3.8, 4) is 0 Å². The van der Waals surface area contributed by atoms with Crippen LogP contribution in [0.25, 0.3) is 0 Å². The van der Waals surface area contributed by atoms with E-state index in [4.69, 9.17) is 17.3 Å². The minimum Gasteiger partial charge on any atom is -0.365 e. The summed E-state index contributed by atoms with van der Waals surface area (Å²) >= 11 is 7.40. The zero-order valence-corrected chi connectivity index (χ0v) is 17.7.